The maximum Gasteiger partial charge on any atom is 0.355 e. The molecular formula is C33H33ClN10O8S. The number of aryl methyl sites for hydroxylation is 1. The number of nitrogens with zero attached hydrogens (tertiary/aromatic N) is 5. The van der Waals surface area contributed by atoms with Crippen LogP contribution in [0.15, 0.2) is 73.1 Å². The molecule has 0 radical (unpaired) electrons. The van der Waals surface area contributed by atoms with Crippen LogP contribution in [0.3, 0.4) is 0 Å². The van der Waals surface area contributed by atoms with Gasteiger partial charge in [0.05, 0.1) is 22.9 Å². The predicted octanol–water partition coefficient (Wildman–Crippen LogP) is 2.07. The zero-order valence-electron chi connectivity index (χ0n) is 27.7. The van der Waals surface area contributed by atoms with Gasteiger partial charge in [-0.15, -0.1) is 5.10 Å². The number of tetrazole rings is 1. The molecule has 1 saturated heterocycles. The van der Waals surface area contributed by atoms with Crippen LogP contribution in [-0.4, -0.2) is 92.1 Å². The van der Waals surface area contributed by atoms with E-state index in [1.54, 1.807) is 48.5 Å². The molecule has 1 fully saturated rings. The third-order valence-corrected chi connectivity index (χ3v) is 10.8. The molecule has 4 amide bonds. The number of hydrazine groups is 1. The number of aliphatic carboxylic acids is 1. The van der Waals surface area contributed by atoms with E-state index in [1.165, 1.54) is 29.2 Å². The fraction of sp³-hybridized carbons (Fsp3) is 0.273. The fourth-order valence-corrected chi connectivity index (χ4v) is 7.86. The lowest BCUT2D eigenvalue weighted by Crippen LogP contribution is -2.68. The number of para-hydroxylation sites is 1. The lowest BCUT2D eigenvalue weighted by molar-refractivity contribution is -0.158. The normalized spacial score (nSPS) is 18.8. The minimum atomic E-state index is -3.06. The molecule has 2 aliphatic heterocycles. The highest BCUT2D eigenvalue weighted by Gasteiger charge is 2.59. The molecule has 0 aliphatic carbocycles. The summed E-state index contributed by atoms with van der Waals surface area (Å²) in [5.74, 6) is -3.40. The molecule has 20 heteroatoms. The third-order valence-electron chi connectivity index (χ3n) is 8.85. The summed E-state index contributed by atoms with van der Waals surface area (Å²) >= 11 is 6.26. The summed E-state index contributed by atoms with van der Waals surface area (Å²) in [6, 6.07) is 15.5. The van der Waals surface area contributed by atoms with Crippen LogP contribution < -0.4 is 26.7 Å². The average Bonchev–Trinajstić information content (AvgIpc) is 3.78. The fourth-order valence-electron chi connectivity index (χ4n) is 6.20. The molecular weight excluding hydrogens is 732 g/mol. The van der Waals surface area contributed by atoms with E-state index in [0.29, 0.717) is 29.1 Å². The number of nitrogens with one attached hydrogen (secondary N) is 5. The van der Waals surface area contributed by atoms with Crippen molar-refractivity contribution < 1.29 is 37.5 Å². The number of rotatable bonds is 12. The molecule has 2 unspecified atom stereocenters. The van der Waals surface area contributed by atoms with E-state index in [4.69, 9.17) is 11.6 Å². The Morgan fingerprint density at radius 3 is 2.45 bits per heavy atom. The average molecular weight is 765 g/mol. The Hall–Kier alpha value is -6.08. The zero-order chi connectivity index (χ0) is 37.8. The van der Waals surface area contributed by atoms with E-state index in [0.717, 1.165) is 5.56 Å². The summed E-state index contributed by atoms with van der Waals surface area (Å²) in [6.07, 6.45) is 2.02. The molecule has 3 heterocycles. The van der Waals surface area contributed by atoms with Crippen molar-refractivity contribution in [2.24, 2.45) is 0 Å². The number of aromatic nitrogens is 4. The Balaban J connectivity index is 1.18. The highest BCUT2D eigenvalue weighted by molar-refractivity contribution is 7.91. The summed E-state index contributed by atoms with van der Waals surface area (Å²) in [6.45, 7) is 0. The van der Waals surface area contributed by atoms with Crippen molar-refractivity contribution in [1.82, 2.24) is 35.8 Å². The second kappa shape index (κ2) is 15.3. The van der Waals surface area contributed by atoms with Gasteiger partial charge in [0.15, 0.2) is 0 Å². The molecule has 18 nitrogen and oxygen atoms in total. The van der Waals surface area contributed by atoms with Crippen molar-refractivity contribution in [2.75, 3.05) is 27.6 Å². The van der Waals surface area contributed by atoms with Gasteiger partial charge >= 0.3 is 17.9 Å². The van der Waals surface area contributed by atoms with Crippen molar-refractivity contribution in [3.8, 4) is 5.69 Å². The van der Waals surface area contributed by atoms with Crippen LogP contribution in [0.25, 0.3) is 5.69 Å². The molecule has 2 aliphatic rings. The lowest BCUT2D eigenvalue weighted by Gasteiger charge is -2.41. The first kappa shape index (κ1) is 36.7. The van der Waals surface area contributed by atoms with E-state index < -0.39 is 45.4 Å². The summed E-state index contributed by atoms with van der Waals surface area (Å²) in [5, 5.41) is 33.8. The number of carboxylic acid groups (broad SMARTS) is 1. The van der Waals surface area contributed by atoms with Crippen molar-refractivity contribution >= 4 is 68.6 Å². The lowest BCUT2D eigenvalue weighted by atomic mass is 9.95. The minimum Gasteiger partial charge on any atom is -0.478 e. The number of benzene rings is 3. The summed E-state index contributed by atoms with van der Waals surface area (Å²) in [4.78, 5) is 64.7. The quantitative estimate of drug-likeness (QED) is 0.0688. The number of hydrogen-bond donors (Lipinski definition) is 6. The van der Waals surface area contributed by atoms with Crippen LogP contribution in [0.2, 0.25) is 5.02 Å². The SMILES string of the molecule is O=CC(=O)N(Nc1cc(Cl)ccc1-n1cnnn1)C1(C(=O)O)Nc2ccccc2C1NC(=O)CCc1ccc(NC(=O)NC2CCS(=O)(=O)CC2)cc1. The second-order valence-corrected chi connectivity index (χ2v) is 15.1. The van der Waals surface area contributed by atoms with Gasteiger partial charge in [0, 0.05) is 34.4 Å². The number of sulfone groups is 1. The number of fused-ring (bicyclic) bond motifs is 1. The minimum absolute atomic E-state index is 0.0279. The molecule has 6 rings (SSSR count). The van der Waals surface area contributed by atoms with Gasteiger partial charge in [-0.05, 0) is 71.7 Å². The standard InChI is InChI=1S/C33H33ClN10O8S/c34-21-8-11-27(43-19-35-41-42-43)26(17-21)40-44(29(47)18-45)33(31(48)49)30(24-3-1-2-4-25(24)39-33)38-28(46)12-7-20-5-9-22(10-6-20)36-32(50)37-23-13-15-53(51,52)16-14-23/h1-6,8-11,17-19,23,30,39-40H,7,12-16H2,(H,38,46)(H,48,49)(H2,36,37,50). The first-order valence-corrected chi connectivity index (χ1v) is 18.4. The Morgan fingerprint density at radius 1 is 1.04 bits per heavy atom. The van der Waals surface area contributed by atoms with Crippen LogP contribution in [0.4, 0.5) is 21.9 Å². The summed E-state index contributed by atoms with van der Waals surface area (Å²) < 4.78 is 24.5. The number of urea groups is 1. The molecule has 53 heavy (non-hydrogen) atoms. The smallest absolute Gasteiger partial charge is 0.355 e. The first-order chi connectivity index (χ1) is 25.4. The molecule has 4 aromatic rings. The Labute approximate surface area is 307 Å². The highest BCUT2D eigenvalue weighted by Crippen LogP contribution is 2.44. The topological polar surface area (TPSA) is 247 Å². The number of carboxylic acids is 1. The van der Waals surface area contributed by atoms with Crippen molar-refractivity contribution in [3.05, 3.63) is 89.2 Å². The number of hydrogen-bond acceptors (Lipinski definition) is 12. The maximum absolute atomic E-state index is 13.5. The first-order valence-electron chi connectivity index (χ1n) is 16.2. The van der Waals surface area contributed by atoms with Gasteiger partial charge in [-0.3, -0.25) is 19.8 Å². The van der Waals surface area contributed by atoms with Crippen LogP contribution in [0.5, 0.6) is 0 Å². The Morgan fingerprint density at radius 2 is 1.77 bits per heavy atom. The van der Waals surface area contributed by atoms with Gasteiger partial charge in [0.25, 0.3) is 5.66 Å². The van der Waals surface area contributed by atoms with E-state index in [9.17, 15) is 37.5 Å². The molecule has 2 atom stereocenters. The number of carbonyl (C=O) groups is 5. The predicted molar refractivity (Wildman–Crippen MR) is 191 cm³/mol. The van der Waals surface area contributed by atoms with Gasteiger partial charge in [-0.2, -0.15) is 4.68 Å². The van der Waals surface area contributed by atoms with Crippen LogP contribution in [-0.2, 0) is 35.4 Å². The monoisotopic (exact) mass is 764 g/mol. The molecule has 3 aromatic carbocycles. The van der Waals surface area contributed by atoms with Gasteiger partial charge in [-0.25, -0.2) is 23.0 Å². The van der Waals surface area contributed by atoms with E-state index >= 15 is 0 Å². The molecule has 0 spiro atoms. The van der Waals surface area contributed by atoms with E-state index in [1.807, 2.05) is 0 Å². The molecule has 0 bridgehead atoms. The number of aldehydes is 1. The zero-order valence-corrected chi connectivity index (χ0v) is 29.3. The maximum atomic E-state index is 13.5. The van der Waals surface area contributed by atoms with Gasteiger partial charge < -0.3 is 26.4 Å². The number of amides is 4. The van der Waals surface area contributed by atoms with Crippen LogP contribution in [0, 0.1) is 0 Å². The molecule has 1 aromatic heterocycles. The van der Waals surface area contributed by atoms with Crippen molar-refractivity contribution in [3.63, 3.8) is 0 Å². The Bertz CT molecular complexity index is 2140. The van der Waals surface area contributed by atoms with Crippen molar-refractivity contribution in [1.29, 1.82) is 0 Å². The van der Waals surface area contributed by atoms with E-state index in [2.05, 4.69) is 42.2 Å². The largest absolute Gasteiger partial charge is 0.478 e. The summed E-state index contributed by atoms with van der Waals surface area (Å²) in [5.41, 5.74) is 2.41. The van der Waals surface area contributed by atoms with Gasteiger partial charge in [-0.1, -0.05) is 41.9 Å². The van der Waals surface area contributed by atoms with Crippen molar-refractivity contribution in [2.45, 2.75) is 43.4 Å². The highest BCUT2D eigenvalue weighted by atomic mass is 35.5. The Kier molecular flexibility index (Phi) is 10.6. The number of carbonyl (C=O) groups excluding carboxylic acids is 4. The number of halogens is 1. The molecule has 0 saturated carbocycles. The van der Waals surface area contributed by atoms with Crippen LogP contribution in [0.1, 0.15) is 36.4 Å². The van der Waals surface area contributed by atoms with E-state index in [-0.39, 0.29) is 58.8 Å². The van der Waals surface area contributed by atoms with Crippen LogP contribution >= 0.6 is 11.6 Å². The third kappa shape index (κ3) is 8.05. The summed E-state index contributed by atoms with van der Waals surface area (Å²) in [7, 11) is -3.06. The molecule has 6 N–H and O–H groups in total. The molecule has 276 valence electrons. The second-order valence-electron chi connectivity index (χ2n) is 12.3. The number of anilines is 3. The van der Waals surface area contributed by atoms with Gasteiger partial charge in [0.2, 0.25) is 12.2 Å². The van der Waals surface area contributed by atoms with Gasteiger partial charge in [0.1, 0.15) is 22.2 Å².